The molecule has 0 saturated carbocycles. The molecule has 6 nitrogen and oxygen atoms in total. The minimum Gasteiger partial charge on any atom is -0.465 e. The van der Waals surface area contributed by atoms with Gasteiger partial charge in [0.05, 0.1) is 11.8 Å². The molecule has 3 aromatic rings. The predicted octanol–water partition coefficient (Wildman–Crippen LogP) is 6.09. The van der Waals surface area contributed by atoms with Gasteiger partial charge in [-0.25, -0.2) is 9.59 Å². The number of hydrogen-bond donors (Lipinski definition) is 0. The van der Waals surface area contributed by atoms with E-state index in [2.05, 4.69) is 18.8 Å². The SMILES string of the molecule is CCC.COC(=O)c1cc2c(CC3CCN(C(=O)OCc4ccccc4)CC3)cncc2s1. The maximum atomic E-state index is 12.4. The van der Waals surface area contributed by atoms with Crippen molar-refractivity contribution < 1.29 is 19.1 Å². The Hall–Kier alpha value is -2.93. The quantitative estimate of drug-likeness (QED) is 0.424. The monoisotopic (exact) mass is 468 g/mol. The van der Waals surface area contributed by atoms with Crippen LogP contribution in [0.3, 0.4) is 0 Å². The van der Waals surface area contributed by atoms with Gasteiger partial charge in [0.25, 0.3) is 0 Å². The highest BCUT2D eigenvalue weighted by Crippen LogP contribution is 2.31. The van der Waals surface area contributed by atoms with E-state index in [9.17, 15) is 9.59 Å². The van der Waals surface area contributed by atoms with Crippen LogP contribution < -0.4 is 0 Å². The number of amides is 1. The third kappa shape index (κ3) is 6.78. The molecule has 0 bridgehead atoms. The molecule has 4 rings (SSSR count). The molecule has 3 heterocycles. The van der Waals surface area contributed by atoms with Gasteiger partial charge in [0, 0.05) is 25.5 Å². The number of ether oxygens (including phenoxy) is 2. The minimum absolute atomic E-state index is 0.248. The summed E-state index contributed by atoms with van der Waals surface area (Å²) in [4.78, 5) is 30.9. The van der Waals surface area contributed by atoms with Gasteiger partial charge in [-0.1, -0.05) is 50.6 Å². The smallest absolute Gasteiger partial charge is 0.410 e. The summed E-state index contributed by atoms with van der Waals surface area (Å²) in [5.41, 5.74) is 2.13. The van der Waals surface area contributed by atoms with Crippen LogP contribution in [0.5, 0.6) is 0 Å². The second-order valence-corrected chi connectivity index (χ2v) is 9.28. The van der Waals surface area contributed by atoms with Crippen LogP contribution in [-0.4, -0.2) is 42.1 Å². The van der Waals surface area contributed by atoms with E-state index in [4.69, 9.17) is 9.47 Å². The van der Waals surface area contributed by atoms with Crippen molar-refractivity contribution in [2.45, 2.75) is 46.1 Å². The van der Waals surface area contributed by atoms with Gasteiger partial charge in [0.1, 0.15) is 11.5 Å². The zero-order chi connectivity index (χ0) is 23.6. The van der Waals surface area contributed by atoms with E-state index in [1.54, 1.807) is 11.1 Å². The fourth-order valence-corrected chi connectivity index (χ4v) is 4.82. The van der Waals surface area contributed by atoms with Gasteiger partial charge in [-0.15, -0.1) is 11.3 Å². The Morgan fingerprint density at radius 2 is 1.82 bits per heavy atom. The molecule has 2 aromatic heterocycles. The van der Waals surface area contributed by atoms with Gasteiger partial charge >= 0.3 is 12.1 Å². The topological polar surface area (TPSA) is 68.7 Å². The molecule has 0 radical (unpaired) electrons. The van der Waals surface area contributed by atoms with Gasteiger partial charge in [0.2, 0.25) is 0 Å². The van der Waals surface area contributed by atoms with Crippen LogP contribution in [0.15, 0.2) is 48.8 Å². The zero-order valence-electron chi connectivity index (χ0n) is 19.6. The molecule has 1 aliphatic rings. The number of benzene rings is 1. The highest BCUT2D eigenvalue weighted by molar-refractivity contribution is 7.20. The van der Waals surface area contributed by atoms with E-state index < -0.39 is 0 Å². The Morgan fingerprint density at radius 1 is 1.12 bits per heavy atom. The van der Waals surface area contributed by atoms with Crippen LogP contribution in [0, 0.1) is 5.92 Å². The van der Waals surface area contributed by atoms with Gasteiger partial charge in [-0.2, -0.15) is 0 Å². The van der Waals surface area contributed by atoms with Crippen molar-refractivity contribution in [3.8, 4) is 0 Å². The van der Waals surface area contributed by atoms with Crippen LogP contribution in [0.25, 0.3) is 10.1 Å². The number of piperidine rings is 1. The summed E-state index contributed by atoms with van der Waals surface area (Å²) in [5, 5.41) is 1.07. The first kappa shape index (κ1) is 24.7. The summed E-state index contributed by atoms with van der Waals surface area (Å²) in [7, 11) is 1.39. The van der Waals surface area contributed by atoms with Crippen LogP contribution >= 0.6 is 11.3 Å². The molecule has 1 fully saturated rings. The molecule has 1 aromatic carbocycles. The number of nitrogens with zero attached hydrogens (tertiary/aromatic N) is 2. The summed E-state index contributed by atoms with van der Waals surface area (Å²) in [6.45, 7) is 5.94. The molecule has 1 amide bonds. The van der Waals surface area contributed by atoms with Crippen molar-refractivity contribution in [1.82, 2.24) is 9.88 Å². The predicted molar refractivity (Wildman–Crippen MR) is 132 cm³/mol. The maximum Gasteiger partial charge on any atom is 0.410 e. The minimum atomic E-state index is -0.315. The van der Waals surface area contributed by atoms with E-state index in [-0.39, 0.29) is 12.1 Å². The van der Waals surface area contributed by atoms with Crippen LogP contribution in [0.1, 0.15) is 53.9 Å². The molecule has 1 aliphatic heterocycles. The van der Waals surface area contributed by atoms with Gasteiger partial charge < -0.3 is 14.4 Å². The first-order valence-electron chi connectivity index (χ1n) is 11.5. The van der Waals surface area contributed by atoms with Crippen LogP contribution in [-0.2, 0) is 22.5 Å². The lowest BCUT2D eigenvalue weighted by Gasteiger charge is -2.31. The van der Waals surface area contributed by atoms with Crippen molar-refractivity contribution in [2.75, 3.05) is 20.2 Å². The number of hydrogen-bond acceptors (Lipinski definition) is 6. The first-order chi connectivity index (χ1) is 16.0. The zero-order valence-corrected chi connectivity index (χ0v) is 20.4. The molecule has 176 valence electrons. The Bertz CT molecular complexity index is 1040. The fraction of sp³-hybridized carbons (Fsp3) is 0.423. The molecule has 0 atom stereocenters. The van der Waals surface area contributed by atoms with Crippen molar-refractivity contribution >= 4 is 33.5 Å². The van der Waals surface area contributed by atoms with E-state index in [1.807, 2.05) is 42.6 Å². The lowest BCUT2D eigenvalue weighted by molar-refractivity contribution is 0.0606. The van der Waals surface area contributed by atoms with E-state index in [0.29, 0.717) is 30.5 Å². The highest BCUT2D eigenvalue weighted by atomic mass is 32.1. The molecule has 7 heteroatoms. The lowest BCUT2D eigenvalue weighted by atomic mass is 9.90. The van der Waals surface area contributed by atoms with Gasteiger partial charge in [0.15, 0.2) is 0 Å². The van der Waals surface area contributed by atoms with Crippen LogP contribution in [0.2, 0.25) is 0 Å². The Kier molecular flexibility index (Phi) is 9.24. The third-order valence-corrected chi connectivity index (χ3v) is 6.55. The standard InChI is InChI=1S/C23H24N2O4S.C3H8/c1-28-22(26)20-12-19-18(13-24-14-21(19)30-20)11-16-7-9-25(10-8-16)23(27)29-15-17-5-3-2-4-6-17;1-3-2/h2-6,12-14,16H,7-11,15H2,1H3;3H2,1-2H3. The lowest BCUT2D eigenvalue weighted by Crippen LogP contribution is -2.39. The molecular weight excluding hydrogens is 436 g/mol. The summed E-state index contributed by atoms with van der Waals surface area (Å²) in [6, 6.07) is 11.6. The summed E-state index contributed by atoms with van der Waals surface area (Å²) in [5.74, 6) is 0.154. The molecule has 1 saturated heterocycles. The Morgan fingerprint density at radius 3 is 2.48 bits per heavy atom. The number of carbonyl (C=O) groups is 2. The fourth-order valence-electron chi connectivity index (χ4n) is 3.82. The number of carbonyl (C=O) groups excluding carboxylic acids is 2. The normalized spacial score (nSPS) is 13.8. The number of likely N-dealkylation sites (tertiary alicyclic amines) is 1. The van der Waals surface area contributed by atoms with E-state index in [0.717, 1.165) is 40.5 Å². The third-order valence-electron chi connectivity index (χ3n) is 5.50. The number of esters is 1. The number of thiophene rings is 1. The van der Waals surface area contributed by atoms with Crippen molar-refractivity contribution in [3.63, 3.8) is 0 Å². The molecule has 33 heavy (non-hydrogen) atoms. The van der Waals surface area contributed by atoms with Crippen molar-refractivity contribution in [1.29, 1.82) is 0 Å². The Labute approximate surface area is 199 Å². The van der Waals surface area contributed by atoms with Gasteiger partial charge in [-0.05, 0) is 47.8 Å². The highest BCUT2D eigenvalue weighted by Gasteiger charge is 2.25. The summed E-state index contributed by atoms with van der Waals surface area (Å²) >= 11 is 1.41. The van der Waals surface area contributed by atoms with E-state index >= 15 is 0 Å². The number of rotatable bonds is 5. The maximum absolute atomic E-state index is 12.4. The molecule has 0 unspecified atom stereocenters. The molecule has 0 N–H and O–H groups in total. The first-order valence-corrected chi connectivity index (χ1v) is 12.3. The molecular formula is C26H32N2O4S. The second kappa shape index (κ2) is 12.3. The largest absolute Gasteiger partial charge is 0.465 e. The second-order valence-electron chi connectivity index (χ2n) is 8.19. The average Bonchev–Trinajstić information content (AvgIpc) is 3.29. The van der Waals surface area contributed by atoms with Crippen molar-refractivity contribution in [3.05, 3.63) is 64.8 Å². The van der Waals surface area contributed by atoms with Crippen molar-refractivity contribution in [2.24, 2.45) is 5.92 Å². The molecule has 0 aliphatic carbocycles. The number of pyridine rings is 1. The van der Waals surface area contributed by atoms with Crippen LogP contribution in [0.4, 0.5) is 4.79 Å². The summed E-state index contributed by atoms with van der Waals surface area (Å²) < 4.78 is 11.3. The molecule has 0 spiro atoms. The Balaban J connectivity index is 0.000000968. The van der Waals surface area contributed by atoms with Gasteiger partial charge in [-0.3, -0.25) is 4.98 Å². The number of aromatic nitrogens is 1. The average molecular weight is 469 g/mol. The summed E-state index contributed by atoms with van der Waals surface area (Å²) in [6.07, 6.45) is 7.41. The van der Waals surface area contributed by atoms with E-state index in [1.165, 1.54) is 24.9 Å². The number of methoxy groups -OCH3 is 1. The number of fused-ring (bicyclic) bond motifs is 1.